The van der Waals surface area contributed by atoms with Crippen molar-refractivity contribution in [1.82, 2.24) is 10.6 Å². The van der Waals surface area contributed by atoms with Gasteiger partial charge in [-0.15, -0.1) is 12.4 Å². The molecule has 2 N–H and O–H groups in total. The van der Waals surface area contributed by atoms with Gasteiger partial charge >= 0.3 is 0 Å². The number of halogens is 1. The van der Waals surface area contributed by atoms with Crippen LogP contribution in [0.3, 0.4) is 0 Å². The molecule has 3 aliphatic rings. The van der Waals surface area contributed by atoms with Crippen LogP contribution >= 0.6 is 12.4 Å². The number of hydrogen-bond donors (Lipinski definition) is 2. The number of carbonyl (C=O) groups excluding carboxylic acids is 1. The van der Waals surface area contributed by atoms with Crippen LogP contribution < -0.4 is 10.6 Å². The van der Waals surface area contributed by atoms with Crippen molar-refractivity contribution >= 4 is 18.3 Å². The summed E-state index contributed by atoms with van der Waals surface area (Å²) in [6.45, 7) is 1.67. The van der Waals surface area contributed by atoms with Crippen molar-refractivity contribution in [1.29, 1.82) is 0 Å². The smallest absolute Gasteiger partial charge is 0.220 e. The van der Waals surface area contributed by atoms with Gasteiger partial charge in [0.1, 0.15) is 0 Å². The molecule has 1 unspecified atom stereocenters. The van der Waals surface area contributed by atoms with Crippen LogP contribution in [-0.2, 0) is 4.79 Å². The maximum absolute atomic E-state index is 12.1. The second-order valence-electron chi connectivity index (χ2n) is 7.30. The number of amides is 1. The molecule has 3 aliphatic carbocycles. The summed E-state index contributed by atoms with van der Waals surface area (Å²) in [5.41, 5.74) is 5.91. The van der Waals surface area contributed by atoms with E-state index in [-0.39, 0.29) is 18.3 Å². The minimum Gasteiger partial charge on any atom is -0.356 e. The summed E-state index contributed by atoms with van der Waals surface area (Å²) in [7, 11) is 1.92. The Morgan fingerprint density at radius 1 is 1.00 bits per heavy atom. The lowest BCUT2D eigenvalue weighted by atomic mass is 9.59. The Bertz CT molecular complexity index is 729. The molecule has 3 nitrogen and oxygen atoms in total. The fraction of sp³-hybridized carbons (Fsp3) is 0.409. The Labute approximate surface area is 162 Å². The van der Waals surface area contributed by atoms with Gasteiger partial charge in [0.25, 0.3) is 0 Å². The third-order valence-corrected chi connectivity index (χ3v) is 5.81. The summed E-state index contributed by atoms with van der Waals surface area (Å²) in [5, 5.41) is 6.28. The molecule has 138 valence electrons. The number of fused-ring (bicyclic) bond motifs is 1. The van der Waals surface area contributed by atoms with E-state index in [1.807, 2.05) is 7.05 Å². The van der Waals surface area contributed by atoms with E-state index in [1.54, 1.807) is 0 Å². The van der Waals surface area contributed by atoms with Crippen molar-refractivity contribution in [2.45, 2.75) is 31.1 Å². The molecule has 5 rings (SSSR count). The minimum absolute atomic E-state index is 0. The number of benzene rings is 2. The van der Waals surface area contributed by atoms with Gasteiger partial charge in [-0.25, -0.2) is 0 Å². The van der Waals surface area contributed by atoms with Crippen molar-refractivity contribution in [2.75, 3.05) is 20.1 Å². The van der Waals surface area contributed by atoms with Gasteiger partial charge in [-0.1, -0.05) is 48.5 Å². The molecule has 4 heteroatoms. The van der Waals surface area contributed by atoms with Crippen LogP contribution in [-0.4, -0.2) is 26.0 Å². The zero-order chi connectivity index (χ0) is 17.2. The van der Waals surface area contributed by atoms with Crippen molar-refractivity contribution in [3.63, 3.8) is 0 Å². The molecule has 1 atom stereocenters. The molecule has 2 aromatic rings. The average Bonchev–Trinajstić information content (AvgIpc) is 2.67. The SMILES string of the molecule is CNCCCC(=O)NCC1CC2c3ccccc3C1c1ccccc12.Cl. The Morgan fingerprint density at radius 3 is 2.15 bits per heavy atom. The van der Waals surface area contributed by atoms with E-state index in [0.29, 0.717) is 24.2 Å². The number of hydrogen-bond acceptors (Lipinski definition) is 2. The van der Waals surface area contributed by atoms with Crippen LogP contribution in [0.25, 0.3) is 0 Å². The van der Waals surface area contributed by atoms with Gasteiger partial charge in [-0.3, -0.25) is 4.79 Å². The predicted octanol–water partition coefficient (Wildman–Crippen LogP) is 3.82. The van der Waals surface area contributed by atoms with Gasteiger partial charge in [-0.05, 0) is 54.6 Å². The molecule has 0 saturated heterocycles. The van der Waals surface area contributed by atoms with Crippen molar-refractivity contribution in [3.05, 3.63) is 70.8 Å². The van der Waals surface area contributed by atoms with E-state index in [1.165, 1.54) is 22.3 Å². The lowest BCUT2D eigenvalue weighted by Gasteiger charge is -2.45. The Hall–Kier alpha value is -1.84. The maximum Gasteiger partial charge on any atom is 0.220 e. The van der Waals surface area contributed by atoms with Crippen LogP contribution in [0.1, 0.15) is 53.4 Å². The average molecular weight is 371 g/mol. The van der Waals surface area contributed by atoms with E-state index in [2.05, 4.69) is 59.2 Å². The molecule has 1 amide bonds. The Balaban J connectivity index is 0.00000196. The Morgan fingerprint density at radius 2 is 1.58 bits per heavy atom. The highest BCUT2D eigenvalue weighted by Gasteiger charge is 2.42. The lowest BCUT2D eigenvalue weighted by Crippen LogP contribution is -2.39. The molecule has 0 radical (unpaired) electrons. The maximum atomic E-state index is 12.1. The predicted molar refractivity (Wildman–Crippen MR) is 108 cm³/mol. The van der Waals surface area contributed by atoms with Crippen LogP contribution in [0, 0.1) is 5.92 Å². The minimum atomic E-state index is 0. The molecule has 0 saturated carbocycles. The first kappa shape index (κ1) is 18.9. The van der Waals surface area contributed by atoms with Crippen molar-refractivity contribution in [3.8, 4) is 0 Å². The molecular formula is C22H27ClN2O. The molecule has 0 aliphatic heterocycles. The van der Waals surface area contributed by atoms with E-state index >= 15 is 0 Å². The highest BCUT2D eigenvalue weighted by atomic mass is 35.5. The van der Waals surface area contributed by atoms with E-state index in [9.17, 15) is 4.79 Å². The topological polar surface area (TPSA) is 41.1 Å². The molecule has 0 heterocycles. The van der Waals surface area contributed by atoms with Gasteiger partial charge in [0.15, 0.2) is 0 Å². The number of nitrogens with one attached hydrogen (secondary N) is 2. The van der Waals surface area contributed by atoms with Crippen LogP contribution in [0.4, 0.5) is 0 Å². The highest BCUT2D eigenvalue weighted by Crippen LogP contribution is 2.55. The van der Waals surface area contributed by atoms with E-state index < -0.39 is 0 Å². The molecule has 26 heavy (non-hydrogen) atoms. The zero-order valence-electron chi connectivity index (χ0n) is 15.2. The molecule has 0 fully saturated rings. The molecule has 2 bridgehead atoms. The second kappa shape index (κ2) is 8.24. The largest absolute Gasteiger partial charge is 0.356 e. The quantitative estimate of drug-likeness (QED) is 0.759. The summed E-state index contributed by atoms with van der Waals surface area (Å²) in [4.78, 5) is 12.1. The molecular weight excluding hydrogens is 344 g/mol. The van der Waals surface area contributed by atoms with Crippen LogP contribution in [0.2, 0.25) is 0 Å². The highest BCUT2D eigenvalue weighted by molar-refractivity contribution is 5.85. The van der Waals surface area contributed by atoms with Gasteiger partial charge in [0, 0.05) is 24.8 Å². The normalized spacial score (nSPS) is 22.1. The summed E-state index contributed by atoms with van der Waals surface area (Å²) >= 11 is 0. The second-order valence-corrected chi connectivity index (χ2v) is 7.30. The monoisotopic (exact) mass is 370 g/mol. The first-order chi connectivity index (χ1) is 12.3. The van der Waals surface area contributed by atoms with Gasteiger partial charge in [0.05, 0.1) is 0 Å². The first-order valence-electron chi connectivity index (χ1n) is 9.38. The third kappa shape index (κ3) is 3.38. The number of carbonyl (C=O) groups is 1. The zero-order valence-corrected chi connectivity index (χ0v) is 16.0. The van der Waals surface area contributed by atoms with Crippen LogP contribution in [0.5, 0.6) is 0 Å². The molecule has 0 aromatic heterocycles. The van der Waals surface area contributed by atoms with Gasteiger partial charge in [0.2, 0.25) is 5.91 Å². The summed E-state index contributed by atoms with van der Waals surface area (Å²) < 4.78 is 0. The first-order valence-corrected chi connectivity index (χ1v) is 9.38. The fourth-order valence-electron chi connectivity index (χ4n) is 4.72. The van der Waals surface area contributed by atoms with Gasteiger partial charge < -0.3 is 10.6 Å². The standard InChI is InChI=1S/C22H26N2O.ClH/c1-23-12-6-11-21(25)24-14-15-13-20-16-7-2-4-9-18(16)22(15)19-10-5-3-8-17(19)20;/h2-5,7-10,15,20,22-23H,6,11-14H2,1H3,(H,24,25);1H. The summed E-state index contributed by atoms with van der Waals surface area (Å²) in [6, 6.07) is 17.7. The fourth-order valence-corrected chi connectivity index (χ4v) is 4.72. The van der Waals surface area contributed by atoms with E-state index in [0.717, 1.165) is 25.9 Å². The lowest BCUT2D eigenvalue weighted by molar-refractivity contribution is -0.121. The molecule has 2 aromatic carbocycles. The van der Waals surface area contributed by atoms with E-state index in [4.69, 9.17) is 0 Å². The number of rotatable bonds is 6. The summed E-state index contributed by atoms with van der Waals surface area (Å²) in [5.74, 6) is 1.56. The Kier molecular flexibility index (Phi) is 6.00. The summed E-state index contributed by atoms with van der Waals surface area (Å²) in [6.07, 6.45) is 2.63. The van der Waals surface area contributed by atoms with Crippen molar-refractivity contribution < 1.29 is 4.79 Å². The van der Waals surface area contributed by atoms with Gasteiger partial charge in [-0.2, -0.15) is 0 Å². The van der Waals surface area contributed by atoms with Crippen LogP contribution in [0.15, 0.2) is 48.5 Å². The third-order valence-electron chi connectivity index (χ3n) is 5.81. The molecule has 0 spiro atoms. The van der Waals surface area contributed by atoms with Crippen molar-refractivity contribution in [2.24, 2.45) is 5.92 Å².